The van der Waals surface area contributed by atoms with Gasteiger partial charge in [0.05, 0.1) is 16.5 Å². The molecule has 0 saturated carbocycles. The summed E-state index contributed by atoms with van der Waals surface area (Å²) in [7, 11) is -3.60. The third kappa shape index (κ3) is 3.25. The van der Waals surface area contributed by atoms with Gasteiger partial charge < -0.3 is 0 Å². The van der Waals surface area contributed by atoms with Gasteiger partial charge in [-0.1, -0.05) is 6.07 Å². The highest BCUT2D eigenvalue weighted by atomic mass is 32.2. The van der Waals surface area contributed by atoms with Gasteiger partial charge in [0.2, 0.25) is 10.0 Å². The number of hydrogen-bond acceptors (Lipinski definition) is 4. The molecule has 1 N–H and O–H groups in total. The largest absolute Gasteiger partial charge is 0.298 e. The zero-order chi connectivity index (χ0) is 16.4. The molecule has 3 fully saturated rings. The van der Waals surface area contributed by atoms with Crippen LogP contribution in [0.25, 0.3) is 0 Å². The van der Waals surface area contributed by atoms with Crippen LogP contribution in [-0.2, 0) is 10.0 Å². The van der Waals surface area contributed by atoms with Crippen LogP contribution in [0.3, 0.4) is 0 Å². The standard InChI is InChI=1S/C17H19N3O2S/c1-2-14-12-20-7-6-15(14)9-16(20)11-19-23(21,22)17-5-3-4-13(8-17)10-18/h1,3-5,8,14-16,19H,6-7,9,11-12H2/t14-,15-,16+/m0/s1. The maximum atomic E-state index is 12.4. The molecule has 0 aliphatic carbocycles. The molecule has 0 radical (unpaired) electrons. The third-order valence-electron chi connectivity index (χ3n) is 4.88. The zero-order valence-electron chi connectivity index (χ0n) is 12.8. The number of rotatable bonds is 4. The predicted octanol–water partition coefficient (Wildman–Crippen LogP) is 1.18. The Labute approximate surface area is 137 Å². The first kappa shape index (κ1) is 16.0. The molecule has 2 bridgehead atoms. The van der Waals surface area contributed by atoms with E-state index in [-0.39, 0.29) is 10.9 Å². The number of fused-ring (bicyclic) bond motifs is 3. The molecule has 5 nitrogen and oxygen atoms in total. The van der Waals surface area contributed by atoms with E-state index >= 15 is 0 Å². The highest BCUT2D eigenvalue weighted by Gasteiger charge is 2.39. The molecule has 1 aromatic rings. The smallest absolute Gasteiger partial charge is 0.240 e. The summed E-state index contributed by atoms with van der Waals surface area (Å²) in [5, 5.41) is 8.89. The molecule has 4 atom stereocenters. The lowest BCUT2D eigenvalue weighted by Gasteiger charge is -2.48. The second-order valence-electron chi connectivity index (χ2n) is 6.20. The van der Waals surface area contributed by atoms with Gasteiger partial charge in [0.25, 0.3) is 0 Å². The van der Waals surface area contributed by atoms with Gasteiger partial charge in [-0.3, -0.25) is 4.90 Å². The molecule has 6 heteroatoms. The van der Waals surface area contributed by atoms with Crippen LogP contribution in [-0.4, -0.2) is 39.0 Å². The number of terminal acetylenes is 1. The van der Waals surface area contributed by atoms with Crippen molar-refractivity contribution in [2.75, 3.05) is 19.6 Å². The molecule has 3 heterocycles. The number of nitrogens with one attached hydrogen (secondary N) is 1. The minimum absolute atomic E-state index is 0.133. The lowest BCUT2D eigenvalue weighted by Crippen LogP contribution is -2.56. The number of piperidine rings is 3. The normalized spacial score (nSPS) is 29.7. The number of hydrogen-bond donors (Lipinski definition) is 1. The van der Waals surface area contributed by atoms with Crippen molar-refractivity contribution in [3.05, 3.63) is 29.8 Å². The van der Waals surface area contributed by atoms with Crippen molar-refractivity contribution < 1.29 is 8.42 Å². The Morgan fingerprint density at radius 1 is 1.43 bits per heavy atom. The molecule has 120 valence electrons. The van der Waals surface area contributed by atoms with E-state index in [1.165, 1.54) is 12.1 Å². The summed E-state index contributed by atoms with van der Waals surface area (Å²) >= 11 is 0. The lowest BCUT2D eigenvalue weighted by molar-refractivity contribution is 0.0251. The van der Waals surface area contributed by atoms with Crippen molar-refractivity contribution in [2.24, 2.45) is 11.8 Å². The van der Waals surface area contributed by atoms with E-state index in [1.807, 2.05) is 6.07 Å². The Morgan fingerprint density at radius 3 is 2.91 bits per heavy atom. The van der Waals surface area contributed by atoms with E-state index in [0.717, 1.165) is 25.9 Å². The van der Waals surface area contributed by atoms with Crippen LogP contribution in [0.5, 0.6) is 0 Å². The van der Waals surface area contributed by atoms with Crippen molar-refractivity contribution >= 4 is 10.0 Å². The molecule has 3 saturated heterocycles. The van der Waals surface area contributed by atoms with Gasteiger partial charge in [-0.15, -0.1) is 12.3 Å². The van der Waals surface area contributed by atoms with Crippen molar-refractivity contribution in [3.8, 4) is 18.4 Å². The first-order valence-electron chi connectivity index (χ1n) is 7.73. The Balaban J connectivity index is 1.67. The molecule has 0 spiro atoms. The van der Waals surface area contributed by atoms with Gasteiger partial charge >= 0.3 is 0 Å². The second kappa shape index (κ2) is 6.33. The van der Waals surface area contributed by atoms with Gasteiger partial charge in [0.1, 0.15) is 0 Å². The minimum atomic E-state index is -3.60. The molecule has 0 aromatic heterocycles. The third-order valence-corrected chi connectivity index (χ3v) is 6.30. The van der Waals surface area contributed by atoms with E-state index in [4.69, 9.17) is 11.7 Å². The predicted molar refractivity (Wildman–Crippen MR) is 86.8 cm³/mol. The first-order chi connectivity index (χ1) is 11.0. The molecule has 4 rings (SSSR count). The number of sulfonamides is 1. The molecule has 1 aromatic carbocycles. The Kier molecular flexibility index (Phi) is 4.41. The summed E-state index contributed by atoms with van der Waals surface area (Å²) in [6, 6.07) is 8.23. The SMILES string of the molecule is C#C[C@H]1CN2CC[C@H]1C[C@@H]2CNS(=O)(=O)c1cccc(C#N)c1. The van der Waals surface area contributed by atoms with Crippen molar-refractivity contribution in [1.82, 2.24) is 9.62 Å². The van der Waals surface area contributed by atoms with E-state index in [9.17, 15) is 8.42 Å². The van der Waals surface area contributed by atoms with Gasteiger partial charge in [-0.2, -0.15) is 5.26 Å². The topological polar surface area (TPSA) is 73.2 Å². The summed E-state index contributed by atoms with van der Waals surface area (Å²) < 4.78 is 27.5. The van der Waals surface area contributed by atoms with Crippen LogP contribution >= 0.6 is 0 Å². The Morgan fingerprint density at radius 2 is 2.26 bits per heavy atom. The van der Waals surface area contributed by atoms with Gasteiger partial charge in [0, 0.05) is 25.0 Å². The quantitative estimate of drug-likeness (QED) is 0.842. The van der Waals surface area contributed by atoms with Crippen molar-refractivity contribution in [2.45, 2.75) is 23.8 Å². The maximum absolute atomic E-state index is 12.4. The minimum Gasteiger partial charge on any atom is -0.298 e. The zero-order valence-corrected chi connectivity index (χ0v) is 13.6. The number of nitrogens with zero attached hydrogens (tertiary/aromatic N) is 2. The summed E-state index contributed by atoms with van der Waals surface area (Å²) in [5.74, 6) is 3.65. The number of nitriles is 1. The highest BCUT2D eigenvalue weighted by Crippen LogP contribution is 2.35. The van der Waals surface area contributed by atoms with Gasteiger partial charge in [-0.05, 0) is 43.5 Å². The summed E-state index contributed by atoms with van der Waals surface area (Å²) in [6.45, 7) is 2.23. The summed E-state index contributed by atoms with van der Waals surface area (Å²) in [5.41, 5.74) is 0.338. The highest BCUT2D eigenvalue weighted by molar-refractivity contribution is 7.89. The fourth-order valence-corrected chi connectivity index (χ4v) is 4.68. The van der Waals surface area contributed by atoms with E-state index in [0.29, 0.717) is 23.9 Å². The van der Waals surface area contributed by atoms with E-state index in [1.54, 1.807) is 12.1 Å². The van der Waals surface area contributed by atoms with Crippen LogP contribution in [0.2, 0.25) is 0 Å². The average molecular weight is 329 g/mol. The molecule has 3 aliphatic heterocycles. The summed E-state index contributed by atoms with van der Waals surface area (Å²) in [4.78, 5) is 2.42. The molecule has 3 aliphatic rings. The second-order valence-corrected chi connectivity index (χ2v) is 7.96. The molecule has 23 heavy (non-hydrogen) atoms. The van der Waals surface area contributed by atoms with Crippen LogP contribution in [0.15, 0.2) is 29.2 Å². The average Bonchev–Trinajstić information content (AvgIpc) is 2.60. The fourth-order valence-electron chi connectivity index (χ4n) is 3.56. The van der Waals surface area contributed by atoms with E-state index in [2.05, 4.69) is 15.5 Å². The first-order valence-corrected chi connectivity index (χ1v) is 9.22. The van der Waals surface area contributed by atoms with Crippen LogP contribution < -0.4 is 4.72 Å². The Bertz CT molecular complexity index is 776. The van der Waals surface area contributed by atoms with Crippen LogP contribution in [0, 0.1) is 35.5 Å². The van der Waals surface area contributed by atoms with Crippen molar-refractivity contribution in [3.63, 3.8) is 0 Å². The van der Waals surface area contributed by atoms with Crippen LogP contribution in [0.1, 0.15) is 18.4 Å². The van der Waals surface area contributed by atoms with Crippen LogP contribution in [0.4, 0.5) is 0 Å². The molecule has 1 unspecified atom stereocenters. The summed E-state index contributed by atoms with van der Waals surface area (Å²) in [6.07, 6.45) is 7.61. The Hall–Kier alpha value is -1.86. The van der Waals surface area contributed by atoms with Crippen molar-refractivity contribution in [1.29, 1.82) is 5.26 Å². The lowest BCUT2D eigenvalue weighted by atomic mass is 9.76. The van der Waals surface area contributed by atoms with E-state index < -0.39 is 10.0 Å². The molecular formula is C17H19N3O2S. The monoisotopic (exact) mass is 329 g/mol. The number of benzene rings is 1. The molecule has 0 amide bonds. The maximum Gasteiger partial charge on any atom is 0.240 e. The fraction of sp³-hybridized carbons (Fsp3) is 0.471. The van der Waals surface area contributed by atoms with Gasteiger partial charge in [-0.25, -0.2) is 13.1 Å². The molecular weight excluding hydrogens is 310 g/mol. The van der Waals surface area contributed by atoms with Gasteiger partial charge in [0.15, 0.2) is 0 Å².